The van der Waals surface area contributed by atoms with Crippen LogP contribution in [0.3, 0.4) is 0 Å². The second kappa shape index (κ2) is 8.40. The van der Waals surface area contributed by atoms with E-state index < -0.39 is 0 Å². The van der Waals surface area contributed by atoms with Crippen LogP contribution in [0.4, 0.5) is 0 Å². The molecule has 0 aliphatic heterocycles. The first-order chi connectivity index (χ1) is 15.3. The number of hydrogen-bond donors (Lipinski definition) is 1. The number of nitrogens with zero attached hydrogens (tertiary/aromatic N) is 3. The van der Waals surface area contributed by atoms with Crippen molar-refractivity contribution in [1.82, 2.24) is 14.5 Å². The van der Waals surface area contributed by atoms with Crippen LogP contribution in [0.15, 0.2) is 101 Å². The van der Waals surface area contributed by atoms with Crippen molar-refractivity contribution in [1.29, 1.82) is 0 Å². The number of phenolic OH excluding ortho intramolecular Hbond substituents is 1. The Morgan fingerprint density at radius 3 is 2.56 bits per heavy atom. The van der Waals surface area contributed by atoms with E-state index in [4.69, 9.17) is 0 Å². The summed E-state index contributed by atoms with van der Waals surface area (Å²) in [6, 6.07) is 31.4. The number of aromatic nitrogens is 3. The van der Waals surface area contributed by atoms with Gasteiger partial charge in [0, 0.05) is 37.5 Å². The van der Waals surface area contributed by atoms with Gasteiger partial charge in [0.15, 0.2) is 0 Å². The van der Waals surface area contributed by atoms with E-state index in [2.05, 4.69) is 50.9 Å². The predicted octanol–water partition coefficient (Wildman–Crippen LogP) is 6.38. The molecule has 0 bridgehead atoms. The number of fused-ring (bicyclic) bond motifs is 4. The molecule has 0 saturated carbocycles. The molecule has 158 valence electrons. The minimum Gasteiger partial charge on any atom is -0.506 e. The molecule has 0 aliphatic carbocycles. The fourth-order valence-electron chi connectivity index (χ4n) is 3.94. The van der Waals surface area contributed by atoms with Crippen LogP contribution in [0.2, 0.25) is 0 Å². The van der Waals surface area contributed by atoms with E-state index in [0.29, 0.717) is 5.52 Å². The van der Waals surface area contributed by atoms with E-state index in [0.717, 1.165) is 37.5 Å². The summed E-state index contributed by atoms with van der Waals surface area (Å²) in [7, 11) is 0. The van der Waals surface area contributed by atoms with E-state index in [1.54, 1.807) is 12.3 Å². The van der Waals surface area contributed by atoms with Crippen LogP contribution in [-0.4, -0.2) is 19.6 Å². The van der Waals surface area contributed by atoms with Gasteiger partial charge < -0.3 is 9.67 Å². The van der Waals surface area contributed by atoms with Gasteiger partial charge in [0.1, 0.15) is 17.1 Å². The molecular weight excluding hydrogens is 509 g/mol. The summed E-state index contributed by atoms with van der Waals surface area (Å²) in [5.74, 6) is 1.05. The van der Waals surface area contributed by atoms with Gasteiger partial charge in [-0.15, -0.1) is 11.5 Å². The third kappa shape index (κ3) is 3.47. The van der Waals surface area contributed by atoms with Gasteiger partial charge in [0.2, 0.25) is 0 Å². The molecule has 1 N–H and O–H groups in total. The van der Waals surface area contributed by atoms with Crippen LogP contribution in [-0.2, 0) is 20.4 Å². The van der Waals surface area contributed by atoms with Gasteiger partial charge in [-0.05, 0) is 41.8 Å². The second-order valence-electron chi connectivity index (χ2n) is 7.23. The zero-order valence-electron chi connectivity index (χ0n) is 16.7. The fraction of sp³-hybridized carbons (Fsp3) is 0. The van der Waals surface area contributed by atoms with Gasteiger partial charge in [-0.2, -0.15) is 12.1 Å². The van der Waals surface area contributed by atoms with E-state index in [9.17, 15) is 5.11 Å². The Morgan fingerprint density at radius 2 is 1.69 bits per heavy atom. The predicted molar refractivity (Wildman–Crippen MR) is 125 cm³/mol. The van der Waals surface area contributed by atoms with Gasteiger partial charge >= 0.3 is 0 Å². The van der Waals surface area contributed by atoms with Crippen LogP contribution in [0.25, 0.3) is 38.5 Å². The molecule has 3 heterocycles. The second-order valence-corrected chi connectivity index (χ2v) is 8.29. The number of aromatic hydroxyl groups is 1. The Morgan fingerprint density at radius 1 is 0.812 bits per heavy atom. The Balaban J connectivity index is 0.00000216. The first-order valence-corrected chi connectivity index (χ1v) is 10.7. The third-order valence-corrected chi connectivity index (χ3v) is 6.22. The number of para-hydroxylation sites is 2. The van der Waals surface area contributed by atoms with Crippen molar-refractivity contribution in [3.8, 4) is 11.6 Å². The molecule has 0 amide bonds. The standard InChI is InChI=1S/C26H16N3OS.Pd/c30-23-9-5-6-17-11-14-25(28-26(17)23)31-18-12-13-20-19-7-1-2-8-21(19)29(22(20)16-18)24-10-3-4-15-27-24;/h1-15,30H;/q-1;. The number of pyridine rings is 2. The van der Waals surface area contributed by atoms with Gasteiger partial charge in [-0.1, -0.05) is 58.6 Å². The summed E-state index contributed by atoms with van der Waals surface area (Å²) < 4.78 is 2.15. The van der Waals surface area contributed by atoms with Crippen LogP contribution in [0, 0.1) is 6.07 Å². The summed E-state index contributed by atoms with van der Waals surface area (Å²) >= 11 is 1.53. The van der Waals surface area contributed by atoms with Gasteiger partial charge in [0.25, 0.3) is 0 Å². The van der Waals surface area contributed by atoms with Gasteiger partial charge in [-0.3, -0.25) is 0 Å². The smallest absolute Gasteiger partial charge is 0.141 e. The average Bonchev–Trinajstić information content (AvgIpc) is 3.14. The monoisotopic (exact) mass is 524 g/mol. The summed E-state index contributed by atoms with van der Waals surface area (Å²) in [5, 5.41) is 14.2. The Labute approximate surface area is 202 Å². The zero-order chi connectivity index (χ0) is 20.8. The molecule has 6 rings (SSSR count). The molecule has 4 nitrogen and oxygen atoms in total. The third-order valence-electron chi connectivity index (χ3n) is 5.32. The van der Waals surface area contributed by atoms with Crippen LogP contribution in [0.5, 0.6) is 5.75 Å². The van der Waals surface area contributed by atoms with Crippen molar-refractivity contribution < 1.29 is 25.5 Å². The molecule has 0 unspecified atom stereocenters. The maximum absolute atomic E-state index is 10.2. The SMILES string of the molecule is Oc1cccc2ccc(Sc3[c-]c4c(cc3)c3ccccc3n4-c3ccccn3)nc12.[Pd]. The van der Waals surface area contributed by atoms with Crippen molar-refractivity contribution in [2.45, 2.75) is 9.92 Å². The van der Waals surface area contributed by atoms with Crippen molar-refractivity contribution in [3.05, 3.63) is 97.2 Å². The Hall–Kier alpha value is -3.17. The molecule has 3 aromatic heterocycles. The Bertz CT molecular complexity index is 1580. The van der Waals surface area contributed by atoms with Crippen LogP contribution < -0.4 is 0 Å². The summed E-state index contributed by atoms with van der Waals surface area (Å²) in [5.41, 5.74) is 2.69. The first-order valence-electron chi connectivity index (χ1n) is 9.91. The first kappa shape index (κ1) is 20.7. The Kier molecular flexibility index (Phi) is 5.44. The molecular formula is C26H16N3OPdS-. The summed E-state index contributed by atoms with van der Waals surface area (Å²) in [4.78, 5) is 10.2. The van der Waals surface area contributed by atoms with E-state index in [-0.39, 0.29) is 26.2 Å². The quantitative estimate of drug-likeness (QED) is 0.215. The average molecular weight is 525 g/mol. The van der Waals surface area contributed by atoms with Gasteiger partial charge in [-0.25, -0.2) is 9.97 Å². The topological polar surface area (TPSA) is 50.9 Å². The molecule has 0 fully saturated rings. The molecule has 0 saturated heterocycles. The number of phenols is 1. The van der Waals surface area contributed by atoms with Gasteiger partial charge in [0.05, 0.1) is 5.03 Å². The molecule has 3 aromatic carbocycles. The number of benzene rings is 3. The minimum absolute atomic E-state index is 0. The molecule has 0 spiro atoms. The fourth-order valence-corrected chi connectivity index (χ4v) is 4.72. The number of rotatable bonds is 3. The van der Waals surface area contributed by atoms with Crippen molar-refractivity contribution in [3.63, 3.8) is 0 Å². The molecule has 6 heteroatoms. The molecule has 0 atom stereocenters. The maximum atomic E-state index is 10.2. The largest absolute Gasteiger partial charge is 0.506 e. The number of hydrogen-bond acceptors (Lipinski definition) is 4. The zero-order valence-corrected chi connectivity index (χ0v) is 19.0. The molecule has 6 aromatic rings. The molecule has 0 radical (unpaired) electrons. The van der Waals surface area contributed by atoms with Crippen LogP contribution in [0.1, 0.15) is 0 Å². The summed E-state index contributed by atoms with van der Waals surface area (Å²) in [6.07, 6.45) is 1.81. The van der Waals surface area contributed by atoms with Crippen molar-refractivity contribution in [2.24, 2.45) is 0 Å². The minimum atomic E-state index is 0. The molecule has 0 aliphatic rings. The maximum Gasteiger partial charge on any atom is 0.141 e. The van der Waals surface area contributed by atoms with E-state index in [1.807, 2.05) is 48.5 Å². The van der Waals surface area contributed by atoms with Crippen LogP contribution >= 0.6 is 11.8 Å². The van der Waals surface area contributed by atoms with E-state index >= 15 is 0 Å². The van der Waals surface area contributed by atoms with Crippen molar-refractivity contribution >= 4 is 44.5 Å². The molecule has 32 heavy (non-hydrogen) atoms. The van der Waals surface area contributed by atoms with E-state index in [1.165, 1.54) is 17.1 Å². The summed E-state index contributed by atoms with van der Waals surface area (Å²) in [6.45, 7) is 0. The van der Waals surface area contributed by atoms with Crippen molar-refractivity contribution in [2.75, 3.05) is 0 Å². The normalized spacial score (nSPS) is 11.1.